The van der Waals surface area contributed by atoms with Crippen LogP contribution in [-0.2, 0) is 4.79 Å². The Morgan fingerprint density at radius 3 is 2.84 bits per heavy atom. The lowest BCUT2D eigenvalue weighted by Crippen LogP contribution is -2.48. The van der Waals surface area contributed by atoms with Gasteiger partial charge in [0.15, 0.2) is 0 Å². The van der Waals surface area contributed by atoms with E-state index in [1.54, 1.807) is 4.90 Å². The fourth-order valence-corrected chi connectivity index (χ4v) is 2.75. The Morgan fingerprint density at radius 2 is 2.16 bits per heavy atom. The van der Waals surface area contributed by atoms with Gasteiger partial charge in [-0.3, -0.25) is 4.79 Å². The van der Waals surface area contributed by atoms with Gasteiger partial charge in [-0.1, -0.05) is 12.2 Å². The second-order valence-corrected chi connectivity index (χ2v) is 5.46. The average molecular weight is 266 g/mol. The van der Waals surface area contributed by atoms with Crippen molar-refractivity contribution in [2.45, 2.75) is 32.1 Å². The molecule has 106 valence electrons. The molecule has 1 unspecified atom stereocenters. The molecule has 19 heavy (non-hydrogen) atoms. The normalized spacial score (nSPS) is 27.1. The van der Waals surface area contributed by atoms with Crippen molar-refractivity contribution < 1.29 is 14.7 Å². The summed E-state index contributed by atoms with van der Waals surface area (Å²) in [5.41, 5.74) is 0. The van der Waals surface area contributed by atoms with Gasteiger partial charge in [-0.15, -0.1) is 0 Å². The molecule has 2 aliphatic rings. The monoisotopic (exact) mass is 266 g/mol. The molecule has 0 aromatic rings. The van der Waals surface area contributed by atoms with Crippen LogP contribution in [0.4, 0.5) is 4.79 Å². The second-order valence-electron chi connectivity index (χ2n) is 5.46. The molecular formula is C14H22N2O3. The van der Waals surface area contributed by atoms with Crippen molar-refractivity contribution in [1.29, 1.82) is 0 Å². The molecule has 2 N–H and O–H groups in total. The molecule has 1 heterocycles. The second kappa shape index (κ2) is 6.59. The number of piperidine rings is 1. The smallest absolute Gasteiger partial charge is 0.317 e. The molecule has 0 aromatic carbocycles. The van der Waals surface area contributed by atoms with E-state index in [4.69, 9.17) is 5.11 Å². The molecule has 0 bridgehead atoms. The number of nitrogens with one attached hydrogen (secondary N) is 1. The van der Waals surface area contributed by atoms with E-state index in [9.17, 15) is 9.59 Å². The lowest BCUT2D eigenvalue weighted by molar-refractivity contribution is -0.143. The molecule has 1 fully saturated rings. The summed E-state index contributed by atoms with van der Waals surface area (Å²) in [5.74, 6) is -0.680. The Labute approximate surface area is 113 Å². The minimum atomic E-state index is -0.796. The molecule has 0 saturated carbocycles. The van der Waals surface area contributed by atoms with Crippen molar-refractivity contribution in [3.8, 4) is 0 Å². The van der Waals surface area contributed by atoms with E-state index in [2.05, 4.69) is 17.5 Å². The zero-order chi connectivity index (χ0) is 13.7. The van der Waals surface area contributed by atoms with Crippen molar-refractivity contribution in [2.75, 3.05) is 19.6 Å². The largest absolute Gasteiger partial charge is 0.481 e. The van der Waals surface area contributed by atoms with Gasteiger partial charge in [0.05, 0.1) is 5.92 Å². The Hall–Kier alpha value is -1.52. The topological polar surface area (TPSA) is 69.6 Å². The Bertz CT molecular complexity index is 368. The quantitative estimate of drug-likeness (QED) is 0.766. The summed E-state index contributed by atoms with van der Waals surface area (Å²) in [6.07, 6.45) is 9.03. The van der Waals surface area contributed by atoms with E-state index in [-0.39, 0.29) is 6.03 Å². The lowest BCUT2D eigenvalue weighted by atomic mass is 9.94. The number of aliphatic carboxylic acids is 1. The van der Waals surface area contributed by atoms with Crippen LogP contribution in [0.5, 0.6) is 0 Å². The van der Waals surface area contributed by atoms with Crippen LogP contribution in [0.25, 0.3) is 0 Å². The van der Waals surface area contributed by atoms with E-state index in [1.807, 2.05) is 0 Å². The summed E-state index contributed by atoms with van der Waals surface area (Å²) >= 11 is 0. The SMILES string of the molecule is O=C(O)[C@H]1CCCN(C(=O)NCC2CC=CCC2)C1. The highest BCUT2D eigenvalue weighted by Gasteiger charge is 2.28. The molecule has 2 rings (SSSR count). The fourth-order valence-electron chi connectivity index (χ4n) is 2.75. The summed E-state index contributed by atoms with van der Waals surface area (Å²) in [4.78, 5) is 24.6. The predicted octanol–water partition coefficient (Wildman–Crippen LogP) is 1.85. The minimum Gasteiger partial charge on any atom is -0.481 e. The Kier molecular flexibility index (Phi) is 4.82. The molecule has 5 heteroatoms. The summed E-state index contributed by atoms with van der Waals surface area (Å²) in [6.45, 7) is 1.70. The van der Waals surface area contributed by atoms with Gasteiger partial charge in [-0.2, -0.15) is 0 Å². The number of carboxylic acid groups (broad SMARTS) is 1. The predicted molar refractivity (Wildman–Crippen MR) is 71.8 cm³/mol. The number of hydrogen-bond donors (Lipinski definition) is 2. The minimum absolute atomic E-state index is 0.111. The number of allylic oxidation sites excluding steroid dienone is 2. The molecule has 0 radical (unpaired) electrons. The van der Waals surface area contributed by atoms with E-state index in [1.165, 1.54) is 0 Å². The maximum Gasteiger partial charge on any atom is 0.317 e. The van der Waals surface area contributed by atoms with Crippen LogP contribution in [-0.4, -0.2) is 41.6 Å². The van der Waals surface area contributed by atoms with Crippen LogP contribution < -0.4 is 5.32 Å². The third-order valence-electron chi connectivity index (χ3n) is 3.98. The zero-order valence-corrected chi connectivity index (χ0v) is 11.2. The summed E-state index contributed by atoms with van der Waals surface area (Å²) in [7, 11) is 0. The number of nitrogens with zero attached hydrogens (tertiary/aromatic N) is 1. The first-order chi connectivity index (χ1) is 9.16. The van der Waals surface area contributed by atoms with Crippen LogP contribution in [0.2, 0.25) is 0 Å². The maximum atomic E-state index is 12.0. The first-order valence-electron chi connectivity index (χ1n) is 7.07. The molecular weight excluding hydrogens is 244 g/mol. The fraction of sp³-hybridized carbons (Fsp3) is 0.714. The third-order valence-corrected chi connectivity index (χ3v) is 3.98. The molecule has 2 amide bonds. The van der Waals surface area contributed by atoms with Crippen molar-refractivity contribution in [2.24, 2.45) is 11.8 Å². The summed E-state index contributed by atoms with van der Waals surface area (Å²) in [6, 6.07) is -0.111. The van der Waals surface area contributed by atoms with Crippen molar-refractivity contribution >= 4 is 12.0 Å². The van der Waals surface area contributed by atoms with Crippen LogP contribution in [0.3, 0.4) is 0 Å². The van der Waals surface area contributed by atoms with E-state index < -0.39 is 11.9 Å². The lowest BCUT2D eigenvalue weighted by Gasteiger charge is -2.31. The van der Waals surface area contributed by atoms with E-state index in [0.29, 0.717) is 32.0 Å². The highest BCUT2D eigenvalue weighted by atomic mass is 16.4. The molecule has 1 aliphatic heterocycles. The number of likely N-dealkylation sites (tertiary alicyclic amines) is 1. The van der Waals surface area contributed by atoms with Crippen LogP contribution in [0.15, 0.2) is 12.2 Å². The zero-order valence-electron chi connectivity index (χ0n) is 11.2. The number of rotatable bonds is 3. The number of carboxylic acids is 1. The van der Waals surface area contributed by atoms with Gasteiger partial charge < -0.3 is 15.3 Å². The van der Waals surface area contributed by atoms with Crippen molar-refractivity contribution in [3.05, 3.63) is 12.2 Å². The van der Waals surface area contributed by atoms with E-state index in [0.717, 1.165) is 25.7 Å². The van der Waals surface area contributed by atoms with Crippen LogP contribution in [0.1, 0.15) is 32.1 Å². The summed E-state index contributed by atoms with van der Waals surface area (Å²) < 4.78 is 0. The molecule has 2 atom stereocenters. The first-order valence-corrected chi connectivity index (χ1v) is 7.07. The number of carbonyl (C=O) groups excluding carboxylic acids is 1. The molecule has 1 aliphatic carbocycles. The van der Waals surface area contributed by atoms with E-state index >= 15 is 0 Å². The van der Waals surface area contributed by atoms with Crippen LogP contribution >= 0.6 is 0 Å². The number of carbonyl (C=O) groups is 2. The molecule has 0 spiro atoms. The van der Waals surface area contributed by atoms with Gasteiger partial charge in [0.2, 0.25) is 0 Å². The molecule has 1 saturated heterocycles. The van der Waals surface area contributed by atoms with Gasteiger partial charge in [0.25, 0.3) is 0 Å². The number of hydrogen-bond acceptors (Lipinski definition) is 2. The van der Waals surface area contributed by atoms with Crippen molar-refractivity contribution in [1.82, 2.24) is 10.2 Å². The molecule has 0 aromatic heterocycles. The average Bonchev–Trinajstić information content (AvgIpc) is 2.46. The van der Waals surface area contributed by atoms with Crippen molar-refractivity contribution in [3.63, 3.8) is 0 Å². The Morgan fingerprint density at radius 1 is 1.32 bits per heavy atom. The Balaban J connectivity index is 1.76. The van der Waals surface area contributed by atoms with Gasteiger partial charge in [-0.25, -0.2) is 4.79 Å². The van der Waals surface area contributed by atoms with Gasteiger partial charge >= 0.3 is 12.0 Å². The standard InChI is InChI=1S/C14H22N2O3/c17-13(18)12-7-4-8-16(10-12)14(19)15-9-11-5-2-1-3-6-11/h1-2,11-12H,3-10H2,(H,15,19)(H,17,18)/t11?,12-/m0/s1. The number of urea groups is 1. The maximum absolute atomic E-state index is 12.0. The van der Waals surface area contributed by atoms with Gasteiger partial charge in [0, 0.05) is 19.6 Å². The van der Waals surface area contributed by atoms with Gasteiger partial charge in [-0.05, 0) is 38.0 Å². The number of amides is 2. The van der Waals surface area contributed by atoms with Gasteiger partial charge in [0.1, 0.15) is 0 Å². The third kappa shape index (κ3) is 3.98. The van der Waals surface area contributed by atoms with Crippen LogP contribution in [0, 0.1) is 11.8 Å². The highest BCUT2D eigenvalue weighted by Crippen LogP contribution is 2.18. The first kappa shape index (κ1) is 13.9. The highest BCUT2D eigenvalue weighted by molar-refractivity contribution is 5.76. The summed E-state index contributed by atoms with van der Waals surface area (Å²) in [5, 5.41) is 11.9. The molecule has 5 nitrogen and oxygen atoms in total.